The predicted molar refractivity (Wildman–Crippen MR) is 84.3 cm³/mol. The number of nitrogens with one attached hydrogen (secondary N) is 1. The number of aromatic nitrogens is 2. The molecular weight excluding hydrogens is 280 g/mol. The van der Waals surface area contributed by atoms with Crippen LogP contribution in [-0.4, -0.2) is 23.0 Å². The smallest absolute Gasteiger partial charge is 0.267 e. The van der Waals surface area contributed by atoms with Crippen molar-refractivity contribution < 1.29 is 9.53 Å². The number of ether oxygens (including phenoxy) is 1. The van der Waals surface area contributed by atoms with Crippen LogP contribution in [-0.2, 0) is 0 Å². The number of carbonyl (C=O) groups is 1. The molecule has 0 spiro atoms. The second kappa shape index (κ2) is 5.69. The number of fused-ring (bicyclic) bond motifs is 1. The molecular formula is C16H14N4O2. The van der Waals surface area contributed by atoms with E-state index in [0.29, 0.717) is 11.2 Å². The van der Waals surface area contributed by atoms with E-state index in [0.717, 1.165) is 16.8 Å². The van der Waals surface area contributed by atoms with Crippen LogP contribution in [0.4, 0.5) is 11.4 Å². The van der Waals surface area contributed by atoms with Gasteiger partial charge >= 0.3 is 0 Å². The van der Waals surface area contributed by atoms with Crippen molar-refractivity contribution in [3.05, 3.63) is 54.5 Å². The number of primary amides is 1. The van der Waals surface area contributed by atoms with Gasteiger partial charge in [-0.1, -0.05) is 0 Å². The molecule has 6 heteroatoms. The maximum Gasteiger partial charge on any atom is 0.267 e. The van der Waals surface area contributed by atoms with Crippen LogP contribution in [0.15, 0.2) is 48.8 Å². The van der Waals surface area contributed by atoms with Gasteiger partial charge in [-0.2, -0.15) is 0 Å². The summed E-state index contributed by atoms with van der Waals surface area (Å²) in [5.41, 5.74) is 7.71. The number of amides is 1. The molecule has 2 heterocycles. The van der Waals surface area contributed by atoms with Crippen molar-refractivity contribution >= 4 is 28.2 Å². The minimum Gasteiger partial charge on any atom is -0.497 e. The number of benzene rings is 1. The van der Waals surface area contributed by atoms with E-state index < -0.39 is 5.91 Å². The number of carbonyl (C=O) groups excluding carboxylic acids is 1. The summed E-state index contributed by atoms with van der Waals surface area (Å²) in [6.07, 6.45) is 3.34. The molecule has 22 heavy (non-hydrogen) atoms. The summed E-state index contributed by atoms with van der Waals surface area (Å²) in [7, 11) is 1.62. The number of pyridine rings is 2. The van der Waals surface area contributed by atoms with Crippen LogP contribution in [0.2, 0.25) is 0 Å². The van der Waals surface area contributed by atoms with Crippen LogP contribution in [0.1, 0.15) is 10.5 Å². The summed E-state index contributed by atoms with van der Waals surface area (Å²) < 4.78 is 5.13. The van der Waals surface area contributed by atoms with Gasteiger partial charge in [0.2, 0.25) is 0 Å². The van der Waals surface area contributed by atoms with Crippen LogP contribution in [0.3, 0.4) is 0 Å². The molecule has 0 aliphatic carbocycles. The first-order chi connectivity index (χ1) is 10.7. The van der Waals surface area contributed by atoms with E-state index in [2.05, 4.69) is 15.3 Å². The maximum atomic E-state index is 11.3. The van der Waals surface area contributed by atoms with Crippen LogP contribution < -0.4 is 15.8 Å². The van der Waals surface area contributed by atoms with E-state index in [9.17, 15) is 4.79 Å². The van der Waals surface area contributed by atoms with Gasteiger partial charge in [-0.05, 0) is 36.4 Å². The lowest BCUT2D eigenvalue weighted by Crippen LogP contribution is -2.13. The molecule has 0 aliphatic heterocycles. The number of methoxy groups -OCH3 is 1. The fourth-order valence-electron chi connectivity index (χ4n) is 2.10. The monoisotopic (exact) mass is 294 g/mol. The van der Waals surface area contributed by atoms with Crippen LogP contribution in [0, 0.1) is 0 Å². The summed E-state index contributed by atoms with van der Waals surface area (Å²) in [5, 5.41) is 4.05. The third-order valence-electron chi connectivity index (χ3n) is 3.22. The first-order valence-electron chi connectivity index (χ1n) is 6.63. The Morgan fingerprint density at radius 1 is 1.14 bits per heavy atom. The molecule has 0 aliphatic rings. The van der Waals surface area contributed by atoms with E-state index in [1.54, 1.807) is 31.6 Å². The Labute approximate surface area is 127 Å². The van der Waals surface area contributed by atoms with E-state index in [1.807, 2.05) is 24.3 Å². The number of anilines is 2. The Morgan fingerprint density at radius 2 is 1.91 bits per heavy atom. The van der Waals surface area contributed by atoms with Crippen molar-refractivity contribution in [1.29, 1.82) is 0 Å². The zero-order chi connectivity index (χ0) is 15.5. The van der Waals surface area contributed by atoms with Gasteiger partial charge in [0.15, 0.2) is 0 Å². The summed E-state index contributed by atoms with van der Waals surface area (Å²) in [5.74, 6) is 0.213. The highest BCUT2D eigenvalue weighted by atomic mass is 16.5. The zero-order valence-electron chi connectivity index (χ0n) is 11.9. The lowest BCUT2D eigenvalue weighted by Gasteiger charge is -2.10. The van der Waals surface area contributed by atoms with Crippen molar-refractivity contribution in [1.82, 2.24) is 9.97 Å². The largest absolute Gasteiger partial charge is 0.497 e. The van der Waals surface area contributed by atoms with Gasteiger partial charge in [-0.3, -0.25) is 9.78 Å². The minimum absolute atomic E-state index is 0.219. The Bertz CT molecular complexity index is 831. The van der Waals surface area contributed by atoms with Gasteiger partial charge in [0.25, 0.3) is 5.91 Å². The third kappa shape index (κ3) is 2.67. The summed E-state index contributed by atoms with van der Waals surface area (Å²) in [6, 6.07) is 10.8. The zero-order valence-corrected chi connectivity index (χ0v) is 11.9. The molecule has 0 bridgehead atoms. The number of nitrogens with zero attached hydrogens (tertiary/aromatic N) is 2. The molecule has 0 saturated heterocycles. The first kappa shape index (κ1) is 13.8. The van der Waals surface area contributed by atoms with Crippen molar-refractivity contribution in [3.8, 4) is 5.75 Å². The van der Waals surface area contributed by atoms with Crippen LogP contribution in [0.5, 0.6) is 5.75 Å². The summed E-state index contributed by atoms with van der Waals surface area (Å²) in [4.78, 5) is 19.8. The molecule has 0 saturated carbocycles. The van der Waals surface area contributed by atoms with Crippen molar-refractivity contribution in [3.63, 3.8) is 0 Å². The molecule has 3 N–H and O–H groups in total. The molecule has 0 radical (unpaired) electrons. The Hall–Kier alpha value is -3.15. The minimum atomic E-state index is -0.561. The molecule has 0 atom stereocenters. The highest BCUT2D eigenvalue weighted by Crippen LogP contribution is 2.25. The number of hydrogen-bond acceptors (Lipinski definition) is 5. The summed E-state index contributed by atoms with van der Waals surface area (Å²) in [6.45, 7) is 0. The predicted octanol–water partition coefficient (Wildman–Crippen LogP) is 2.48. The average molecular weight is 294 g/mol. The lowest BCUT2D eigenvalue weighted by molar-refractivity contribution is 0.0996. The third-order valence-corrected chi connectivity index (χ3v) is 3.22. The van der Waals surface area contributed by atoms with E-state index in [1.165, 1.54) is 0 Å². The quantitative estimate of drug-likeness (QED) is 0.771. The standard InChI is InChI=1S/C16H14N4O2/c1-22-12-5-3-11(4-6-12)19-14-9-18-8-10-2-7-13(16(17)21)20-15(10)14/h2-9,19H,1H3,(H2,17,21). The number of nitrogens with two attached hydrogens (primary N) is 1. The Balaban J connectivity index is 2.01. The van der Waals surface area contributed by atoms with Gasteiger partial charge < -0.3 is 15.8 Å². The van der Waals surface area contributed by atoms with Gasteiger partial charge in [-0.25, -0.2) is 4.98 Å². The second-order valence-electron chi connectivity index (χ2n) is 4.67. The number of rotatable bonds is 4. The molecule has 3 rings (SSSR count). The van der Waals surface area contributed by atoms with Gasteiger partial charge in [0, 0.05) is 17.3 Å². The lowest BCUT2D eigenvalue weighted by atomic mass is 10.2. The normalized spacial score (nSPS) is 10.4. The molecule has 0 fully saturated rings. The highest BCUT2D eigenvalue weighted by molar-refractivity contribution is 5.97. The fraction of sp³-hybridized carbons (Fsp3) is 0.0625. The van der Waals surface area contributed by atoms with Crippen LogP contribution >= 0.6 is 0 Å². The fourth-order valence-corrected chi connectivity index (χ4v) is 2.10. The molecule has 1 amide bonds. The SMILES string of the molecule is COc1ccc(Nc2cncc3ccc(C(N)=O)nc23)cc1. The highest BCUT2D eigenvalue weighted by Gasteiger charge is 2.08. The van der Waals surface area contributed by atoms with Crippen LogP contribution in [0.25, 0.3) is 10.9 Å². The maximum absolute atomic E-state index is 11.3. The molecule has 2 aromatic heterocycles. The Morgan fingerprint density at radius 3 is 2.59 bits per heavy atom. The van der Waals surface area contributed by atoms with Gasteiger partial charge in [0.1, 0.15) is 11.4 Å². The Kier molecular flexibility index (Phi) is 3.57. The van der Waals surface area contributed by atoms with Crippen molar-refractivity contribution in [2.75, 3.05) is 12.4 Å². The average Bonchev–Trinajstić information content (AvgIpc) is 2.55. The second-order valence-corrected chi connectivity index (χ2v) is 4.67. The summed E-state index contributed by atoms with van der Waals surface area (Å²) >= 11 is 0. The topological polar surface area (TPSA) is 90.1 Å². The molecule has 3 aromatic rings. The first-order valence-corrected chi connectivity index (χ1v) is 6.63. The van der Waals surface area contributed by atoms with E-state index in [-0.39, 0.29) is 5.69 Å². The molecule has 0 unspecified atom stereocenters. The molecule has 6 nitrogen and oxygen atoms in total. The van der Waals surface area contributed by atoms with Crippen molar-refractivity contribution in [2.45, 2.75) is 0 Å². The molecule has 110 valence electrons. The number of hydrogen-bond donors (Lipinski definition) is 2. The van der Waals surface area contributed by atoms with Gasteiger partial charge in [-0.15, -0.1) is 0 Å². The molecule has 1 aromatic carbocycles. The van der Waals surface area contributed by atoms with E-state index in [4.69, 9.17) is 10.5 Å². The van der Waals surface area contributed by atoms with E-state index >= 15 is 0 Å². The van der Waals surface area contributed by atoms with Gasteiger partial charge in [0.05, 0.1) is 24.5 Å². The van der Waals surface area contributed by atoms with Crippen molar-refractivity contribution in [2.24, 2.45) is 5.73 Å².